The quantitative estimate of drug-likeness (QED) is 0.592. The molecule has 0 fully saturated rings. The smallest absolute Gasteiger partial charge is 0.304 e. The average Bonchev–Trinajstić information content (AvgIpc) is 3.02. The van der Waals surface area contributed by atoms with Crippen LogP contribution in [0.4, 0.5) is 0 Å². The summed E-state index contributed by atoms with van der Waals surface area (Å²) in [5, 5.41) is 11.0. The first-order valence-electron chi connectivity index (χ1n) is 8.10. The summed E-state index contributed by atoms with van der Waals surface area (Å²) in [6.45, 7) is 6.70. The third-order valence-electron chi connectivity index (χ3n) is 3.69. The van der Waals surface area contributed by atoms with Gasteiger partial charge >= 0.3 is 5.97 Å². The van der Waals surface area contributed by atoms with Gasteiger partial charge in [-0.05, 0) is 37.4 Å². The molecule has 0 saturated carbocycles. The molecule has 0 spiro atoms. The van der Waals surface area contributed by atoms with Crippen LogP contribution in [-0.2, 0) is 4.79 Å². The molecule has 1 rings (SSSR count). The fourth-order valence-electron chi connectivity index (χ4n) is 2.44. The molecule has 1 atom stereocenters. The van der Waals surface area contributed by atoms with E-state index >= 15 is 0 Å². The van der Waals surface area contributed by atoms with Gasteiger partial charge in [0.25, 0.3) is 0 Å². The first-order chi connectivity index (χ1) is 10.6. The molecule has 0 radical (unpaired) electrons. The maximum atomic E-state index is 12.5. The van der Waals surface area contributed by atoms with E-state index in [4.69, 9.17) is 5.11 Å². The molecule has 5 heteroatoms. The molecule has 0 aliphatic heterocycles. The van der Waals surface area contributed by atoms with Crippen LogP contribution in [0.25, 0.3) is 0 Å². The molecule has 0 bridgehead atoms. The summed E-state index contributed by atoms with van der Waals surface area (Å²) >= 11 is 1.39. The molecular formula is C17H27NO3S. The third kappa shape index (κ3) is 6.71. The van der Waals surface area contributed by atoms with Crippen molar-refractivity contribution in [2.24, 2.45) is 5.92 Å². The van der Waals surface area contributed by atoms with Crippen molar-refractivity contribution in [3.05, 3.63) is 22.4 Å². The van der Waals surface area contributed by atoms with Gasteiger partial charge in [0.1, 0.15) is 0 Å². The Kier molecular flexibility index (Phi) is 9.01. The number of ketones is 1. The summed E-state index contributed by atoms with van der Waals surface area (Å²) in [6.07, 6.45) is 4.27. The largest absolute Gasteiger partial charge is 0.481 e. The highest BCUT2D eigenvalue weighted by Gasteiger charge is 2.25. The van der Waals surface area contributed by atoms with Crippen LogP contribution >= 0.6 is 11.3 Å². The van der Waals surface area contributed by atoms with Crippen LogP contribution in [0.5, 0.6) is 0 Å². The number of hydrogen-bond donors (Lipinski definition) is 1. The van der Waals surface area contributed by atoms with Gasteiger partial charge in [-0.1, -0.05) is 32.8 Å². The van der Waals surface area contributed by atoms with Gasteiger partial charge in [-0.3, -0.25) is 9.59 Å². The first-order valence-corrected chi connectivity index (χ1v) is 8.98. The monoisotopic (exact) mass is 325 g/mol. The van der Waals surface area contributed by atoms with E-state index in [1.165, 1.54) is 11.3 Å². The normalized spacial score (nSPS) is 12.5. The zero-order valence-electron chi connectivity index (χ0n) is 13.6. The number of unbranched alkanes of at least 4 members (excludes halogenated alkanes) is 2. The maximum Gasteiger partial charge on any atom is 0.304 e. The summed E-state index contributed by atoms with van der Waals surface area (Å²) in [4.78, 5) is 26.6. The lowest BCUT2D eigenvalue weighted by molar-refractivity contribution is -0.137. The molecule has 124 valence electrons. The van der Waals surface area contributed by atoms with E-state index in [2.05, 4.69) is 18.7 Å². The lowest BCUT2D eigenvalue weighted by Crippen LogP contribution is -2.35. The van der Waals surface area contributed by atoms with Crippen LogP contribution in [-0.4, -0.2) is 41.4 Å². The van der Waals surface area contributed by atoms with Gasteiger partial charge in [-0.15, -0.1) is 11.3 Å². The van der Waals surface area contributed by atoms with E-state index in [0.717, 1.165) is 38.8 Å². The Hall–Kier alpha value is -1.20. The van der Waals surface area contributed by atoms with Gasteiger partial charge in [0.2, 0.25) is 0 Å². The van der Waals surface area contributed by atoms with Gasteiger partial charge in [0.15, 0.2) is 5.78 Å². The van der Waals surface area contributed by atoms with Crippen molar-refractivity contribution in [1.29, 1.82) is 0 Å². The minimum absolute atomic E-state index is 0.0320. The van der Waals surface area contributed by atoms with Crippen LogP contribution in [0, 0.1) is 5.92 Å². The fraction of sp³-hybridized carbons (Fsp3) is 0.647. The molecule has 1 heterocycles. The molecule has 0 saturated heterocycles. The molecule has 0 amide bonds. The third-order valence-corrected chi connectivity index (χ3v) is 4.57. The minimum Gasteiger partial charge on any atom is -0.481 e. The van der Waals surface area contributed by atoms with E-state index in [-0.39, 0.29) is 12.2 Å². The Bertz CT molecular complexity index is 437. The Morgan fingerprint density at radius 1 is 1.23 bits per heavy atom. The van der Waals surface area contributed by atoms with E-state index in [1.54, 1.807) is 6.07 Å². The van der Waals surface area contributed by atoms with Crippen molar-refractivity contribution in [3.63, 3.8) is 0 Å². The molecule has 1 aromatic rings. The number of nitrogens with zero attached hydrogens (tertiary/aromatic N) is 1. The number of aliphatic carboxylic acids is 1. The molecule has 0 aromatic carbocycles. The molecule has 1 aromatic heterocycles. The molecule has 0 aliphatic carbocycles. The van der Waals surface area contributed by atoms with Crippen LogP contribution in [0.3, 0.4) is 0 Å². The molecule has 0 aliphatic rings. The second-order valence-corrected chi connectivity index (χ2v) is 6.59. The highest BCUT2D eigenvalue weighted by Crippen LogP contribution is 2.19. The Balaban J connectivity index is 2.75. The number of carboxylic acid groups (broad SMARTS) is 1. The summed E-state index contributed by atoms with van der Waals surface area (Å²) in [6, 6.07) is 3.62. The predicted molar refractivity (Wildman–Crippen MR) is 90.6 cm³/mol. The SMILES string of the molecule is CCCCN(CCCC)CC(CC(=O)O)C(=O)c1cccs1. The van der Waals surface area contributed by atoms with Crippen molar-refractivity contribution in [2.45, 2.75) is 46.0 Å². The molecule has 22 heavy (non-hydrogen) atoms. The van der Waals surface area contributed by atoms with E-state index in [0.29, 0.717) is 11.4 Å². The van der Waals surface area contributed by atoms with Gasteiger partial charge in [-0.2, -0.15) is 0 Å². The van der Waals surface area contributed by atoms with E-state index in [9.17, 15) is 9.59 Å². The van der Waals surface area contributed by atoms with Crippen molar-refractivity contribution in [2.75, 3.05) is 19.6 Å². The number of carbonyl (C=O) groups excluding carboxylic acids is 1. The topological polar surface area (TPSA) is 57.6 Å². The summed E-state index contributed by atoms with van der Waals surface area (Å²) in [5.41, 5.74) is 0. The highest BCUT2D eigenvalue weighted by molar-refractivity contribution is 7.12. The van der Waals surface area contributed by atoms with Crippen LogP contribution in [0.1, 0.15) is 55.6 Å². The Morgan fingerprint density at radius 3 is 2.32 bits per heavy atom. The minimum atomic E-state index is -0.902. The average molecular weight is 325 g/mol. The second kappa shape index (κ2) is 10.5. The zero-order chi connectivity index (χ0) is 16.4. The number of rotatable bonds is 12. The van der Waals surface area contributed by atoms with Gasteiger partial charge in [0, 0.05) is 12.5 Å². The van der Waals surface area contributed by atoms with E-state index in [1.807, 2.05) is 11.4 Å². The van der Waals surface area contributed by atoms with Crippen molar-refractivity contribution >= 4 is 23.1 Å². The van der Waals surface area contributed by atoms with Gasteiger partial charge in [-0.25, -0.2) is 0 Å². The highest BCUT2D eigenvalue weighted by atomic mass is 32.1. The number of Topliss-reactive ketones (excluding diaryl/α,β-unsaturated/α-hetero) is 1. The van der Waals surface area contributed by atoms with Gasteiger partial charge in [0.05, 0.1) is 11.3 Å². The zero-order valence-corrected chi connectivity index (χ0v) is 14.4. The van der Waals surface area contributed by atoms with Crippen LogP contribution < -0.4 is 0 Å². The summed E-state index contributed by atoms with van der Waals surface area (Å²) < 4.78 is 0. The fourth-order valence-corrected chi connectivity index (χ4v) is 3.18. The molecule has 4 nitrogen and oxygen atoms in total. The predicted octanol–water partition coefficient (Wildman–Crippen LogP) is 3.92. The molecule has 1 unspecified atom stereocenters. The van der Waals surface area contributed by atoms with Crippen LogP contribution in [0.15, 0.2) is 17.5 Å². The summed E-state index contributed by atoms with van der Waals surface area (Å²) in [5.74, 6) is -1.39. The lowest BCUT2D eigenvalue weighted by Gasteiger charge is -2.26. The number of carbonyl (C=O) groups is 2. The standard InChI is InChI=1S/C17H27NO3S/c1-3-5-9-18(10-6-4-2)13-14(12-16(19)20)17(21)15-8-7-11-22-15/h7-8,11,14H,3-6,9-10,12-13H2,1-2H3,(H,19,20). The molecule has 1 N–H and O–H groups in total. The summed E-state index contributed by atoms with van der Waals surface area (Å²) in [7, 11) is 0. The van der Waals surface area contributed by atoms with Crippen LogP contribution in [0.2, 0.25) is 0 Å². The number of carboxylic acids is 1. The first kappa shape index (κ1) is 18.8. The van der Waals surface area contributed by atoms with Crippen molar-refractivity contribution < 1.29 is 14.7 Å². The maximum absolute atomic E-state index is 12.5. The lowest BCUT2D eigenvalue weighted by atomic mass is 9.97. The number of thiophene rings is 1. The van der Waals surface area contributed by atoms with E-state index < -0.39 is 11.9 Å². The molecular weight excluding hydrogens is 298 g/mol. The second-order valence-electron chi connectivity index (χ2n) is 5.64. The Labute approximate surface area is 137 Å². The Morgan fingerprint density at radius 2 is 1.86 bits per heavy atom. The van der Waals surface area contributed by atoms with Crippen molar-refractivity contribution in [1.82, 2.24) is 4.90 Å². The van der Waals surface area contributed by atoms with Gasteiger partial charge < -0.3 is 10.0 Å². The van der Waals surface area contributed by atoms with Crippen molar-refractivity contribution in [3.8, 4) is 0 Å². The number of hydrogen-bond acceptors (Lipinski definition) is 4.